The summed E-state index contributed by atoms with van der Waals surface area (Å²) >= 11 is 0. The first-order valence-electron chi connectivity index (χ1n) is 6.23. The van der Waals surface area contributed by atoms with E-state index < -0.39 is 5.41 Å². The summed E-state index contributed by atoms with van der Waals surface area (Å²) in [6.45, 7) is 2.24. The van der Waals surface area contributed by atoms with Crippen LogP contribution in [0.25, 0.3) is 0 Å². The van der Waals surface area contributed by atoms with Crippen molar-refractivity contribution in [2.75, 3.05) is 32.8 Å². The molecule has 0 unspecified atom stereocenters. The number of nitrogens with zero attached hydrogens (tertiary/aromatic N) is 2. The zero-order valence-electron chi connectivity index (χ0n) is 10.3. The molecule has 2 fully saturated rings. The summed E-state index contributed by atoms with van der Waals surface area (Å²) in [5.74, 6) is -0.187. The van der Waals surface area contributed by atoms with Gasteiger partial charge in [0.15, 0.2) is 0 Å². The average molecular weight is 251 g/mol. The maximum absolute atomic E-state index is 12.5. The minimum absolute atomic E-state index is 0.0386. The number of rotatable bonds is 1. The van der Waals surface area contributed by atoms with Gasteiger partial charge in [-0.2, -0.15) is 5.26 Å². The second-order valence-electron chi connectivity index (χ2n) is 4.70. The van der Waals surface area contributed by atoms with Gasteiger partial charge in [-0.25, -0.2) is 0 Å². The van der Waals surface area contributed by atoms with E-state index in [1.54, 1.807) is 4.90 Å². The zero-order chi connectivity index (χ0) is 13.0. The number of carbonyl (C=O) groups excluding carboxylic acids is 2. The van der Waals surface area contributed by atoms with E-state index in [2.05, 4.69) is 11.4 Å². The molecule has 0 aromatic rings. The fourth-order valence-electron chi connectivity index (χ4n) is 2.37. The topological polar surface area (TPSA) is 82.4 Å². The van der Waals surface area contributed by atoms with Gasteiger partial charge in [0.1, 0.15) is 5.41 Å². The molecule has 0 spiro atoms. The number of hydrogen-bond acceptors (Lipinski definition) is 4. The van der Waals surface area contributed by atoms with Crippen molar-refractivity contribution in [2.24, 2.45) is 5.41 Å². The minimum atomic E-state index is -0.953. The molecule has 2 heterocycles. The molecular formula is C12H17N3O3. The van der Waals surface area contributed by atoms with Gasteiger partial charge in [0.05, 0.1) is 6.07 Å². The number of amides is 2. The molecule has 6 nitrogen and oxygen atoms in total. The average Bonchev–Trinajstić information content (AvgIpc) is 2.63. The number of carbonyl (C=O) groups is 2. The van der Waals surface area contributed by atoms with Crippen molar-refractivity contribution >= 4 is 11.8 Å². The third kappa shape index (κ3) is 2.46. The molecule has 2 aliphatic rings. The molecule has 1 N–H and O–H groups in total. The minimum Gasteiger partial charge on any atom is -0.381 e. The quantitative estimate of drug-likeness (QED) is 0.691. The molecule has 6 heteroatoms. The predicted molar refractivity (Wildman–Crippen MR) is 62.3 cm³/mol. The molecule has 2 amide bonds. The lowest BCUT2D eigenvalue weighted by molar-refractivity contribution is -0.143. The van der Waals surface area contributed by atoms with Crippen LogP contribution >= 0.6 is 0 Å². The van der Waals surface area contributed by atoms with Gasteiger partial charge < -0.3 is 15.0 Å². The van der Waals surface area contributed by atoms with Crippen molar-refractivity contribution in [3.63, 3.8) is 0 Å². The fraction of sp³-hybridized carbons (Fsp3) is 0.750. The molecule has 0 aromatic carbocycles. The highest BCUT2D eigenvalue weighted by atomic mass is 16.5. The Bertz CT molecular complexity index is 383. The van der Waals surface area contributed by atoms with Gasteiger partial charge in [0.25, 0.3) is 0 Å². The Morgan fingerprint density at radius 1 is 1.39 bits per heavy atom. The molecule has 18 heavy (non-hydrogen) atoms. The summed E-state index contributed by atoms with van der Waals surface area (Å²) in [5.41, 5.74) is -0.953. The van der Waals surface area contributed by atoms with Gasteiger partial charge >= 0.3 is 0 Å². The van der Waals surface area contributed by atoms with Crippen molar-refractivity contribution in [2.45, 2.75) is 19.3 Å². The van der Waals surface area contributed by atoms with Gasteiger partial charge in [-0.1, -0.05) is 0 Å². The lowest BCUT2D eigenvalue weighted by atomic mass is 9.80. The summed E-state index contributed by atoms with van der Waals surface area (Å²) in [6, 6.07) is 2.17. The zero-order valence-corrected chi connectivity index (χ0v) is 10.3. The van der Waals surface area contributed by atoms with E-state index >= 15 is 0 Å². The number of ether oxygens (including phenoxy) is 1. The molecule has 2 rings (SSSR count). The Kier molecular flexibility index (Phi) is 3.82. The maximum Gasteiger partial charge on any atom is 0.243 e. The monoisotopic (exact) mass is 251 g/mol. The van der Waals surface area contributed by atoms with Crippen molar-refractivity contribution in [3.8, 4) is 6.07 Å². The maximum atomic E-state index is 12.5. The first kappa shape index (κ1) is 12.8. The summed E-state index contributed by atoms with van der Waals surface area (Å²) < 4.78 is 5.22. The molecule has 0 aromatic heterocycles. The highest BCUT2D eigenvalue weighted by Crippen LogP contribution is 2.32. The van der Waals surface area contributed by atoms with Crippen LogP contribution in [-0.4, -0.2) is 49.6 Å². The lowest BCUT2D eigenvalue weighted by Crippen LogP contribution is -2.47. The second kappa shape index (κ2) is 5.36. The molecule has 2 saturated heterocycles. The van der Waals surface area contributed by atoms with E-state index in [1.807, 2.05) is 0 Å². The first-order chi connectivity index (χ1) is 8.68. The van der Waals surface area contributed by atoms with Gasteiger partial charge in [-0.05, 0) is 12.8 Å². The third-order valence-corrected chi connectivity index (χ3v) is 3.57. The normalized spacial score (nSPS) is 23.7. The molecule has 0 bridgehead atoms. The van der Waals surface area contributed by atoms with Crippen molar-refractivity contribution in [3.05, 3.63) is 0 Å². The van der Waals surface area contributed by atoms with Crippen LogP contribution in [0.3, 0.4) is 0 Å². The first-order valence-corrected chi connectivity index (χ1v) is 6.23. The summed E-state index contributed by atoms with van der Waals surface area (Å²) in [7, 11) is 0. The largest absolute Gasteiger partial charge is 0.381 e. The molecule has 0 saturated carbocycles. The standard InChI is InChI=1S/C12H17N3O3/c13-9-12(2-7-18-8-3-12)11(17)15-5-1-10(16)14-4-6-15/h1-8H2,(H,14,16). The second-order valence-corrected chi connectivity index (χ2v) is 4.70. The van der Waals surface area contributed by atoms with E-state index in [-0.39, 0.29) is 11.8 Å². The SMILES string of the molecule is N#CC1(C(=O)N2CCNC(=O)CC2)CCOCC1. The smallest absolute Gasteiger partial charge is 0.243 e. The van der Waals surface area contributed by atoms with Crippen molar-refractivity contribution in [1.29, 1.82) is 5.26 Å². The summed E-state index contributed by atoms with van der Waals surface area (Å²) in [4.78, 5) is 25.3. The van der Waals surface area contributed by atoms with Crippen LogP contribution in [0.15, 0.2) is 0 Å². The van der Waals surface area contributed by atoms with Gasteiger partial charge in [0, 0.05) is 39.3 Å². The van der Waals surface area contributed by atoms with E-state index in [4.69, 9.17) is 4.74 Å². The number of hydrogen-bond donors (Lipinski definition) is 1. The van der Waals surface area contributed by atoms with Crippen molar-refractivity contribution in [1.82, 2.24) is 10.2 Å². The molecule has 2 aliphatic heterocycles. The summed E-state index contributed by atoms with van der Waals surface area (Å²) in [6.07, 6.45) is 1.20. The van der Waals surface area contributed by atoms with Gasteiger partial charge in [0.2, 0.25) is 11.8 Å². The Labute approximate surface area is 106 Å². The van der Waals surface area contributed by atoms with Crippen LogP contribution in [-0.2, 0) is 14.3 Å². The lowest BCUT2D eigenvalue weighted by Gasteiger charge is -2.34. The Morgan fingerprint density at radius 2 is 2.11 bits per heavy atom. The summed E-state index contributed by atoms with van der Waals surface area (Å²) in [5, 5.41) is 12.1. The molecule has 98 valence electrons. The van der Waals surface area contributed by atoms with Crippen LogP contribution in [0.2, 0.25) is 0 Å². The molecular weight excluding hydrogens is 234 g/mol. The van der Waals surface area contributed by atoms with Crippen LogP contribution in [0, 0.1) is 16.7 Å². The molecule has 0 aliphatic carbocycles. The number of nitrogens with one attached hydrogen (secondary N) is 1. The highest BCUT2D eigenvalue weighted by Gasteiger charge is 2.43. The highest BCUT2D eigenvalue weighted by molar-refractivity contribution is 5.86. The molecule has 0 radical (unpaired) electrons. The van der Waals surface area contributed by atoms with E-state index in [1.165, 1.54) is 0 Å². The Balaban J connectivity index is 2.09. The van der Waals surface area contributed by atoms with Crippen LogP contribution in [0.5, 0.6) is 0 Å². The van der Waals surface area contributed by atoms with E-state index in [9.17, 15) is 14.9 Å². The fourth-order valence-corrected chi connectivity index (χ4v) is 2.37. The van der Waals surface area contributed by atoms with Crippen LogP contribution in [0.1, 0.15) is 19.3 Å². The third-order valence-electron chi connectivity index (χ3n) is 3.57. The predicted octanol–water partition coefficient (Wildman–Crippen LogP) is -0.345. The van der Waals surface area contributed by atoms with Crippen molar-refractivity contribution < 1.29 is 14.3 Å². The van der Waals surface area contributed by atoms with Gasteiger partial charge in [-0.15, -0.1) is 0 Å². The number of nitriles is 1. The van der Waals surface area contributed by atoms with Crippen LogP contribution < -0.4 is 5.32 Å². The van der Waals surface area contributed by atoms with Gasteiger partial charge in [-0.3, -0.25) is 9.59 Å². The van der Waals surface area contributed by atoms with Crippen LogP contribution in [0.4, 0.5) is 0 Å². The Morgan fingerprint density at radius 3 is 2.78 bits per heavy atom. The van der Waals surface area contributed by atoms with E-state index in [0.29, 0.717) is 52.1 Å². The Hall–Kier alpha value is -1.61. The molecule has 0 atom stereocenters. The van der Waals surface area contributed by atoms with E-state index in [0.717, 1.165) is 0 Å².